The summed E-state index contributed by atoms with van der Waals surface area (Å²) in [6.45, 7) is 6.35. The molecule has 0 spiro atoms. The molecule has 8 atom stereocenters. The molecule has 0 saturated carbocycles. The summed E-state index contributed by atoms with van der Waals surface area (Å²) in [7, 11) is 0. The number of ether oxygens (including phenoxy) is 3. The number of hydrogen-bond acceptors (Lipinski definition) is 8. The van der Waals surface area contributed by atoms with Gasteiger partial charge in [0.1, 0.15) is 53.3 Å². The fourth-order valence-electron chi connectivity index (χ4n) is 7.22. The molecule has 254 valence electrons. The van der Waals surface area contributed by atoms with Crippen LogP contribution in [0.4, 0.5) is 8.78 Å². The third kappa shape index (κ3) is 7.54. The summed E-state index contributed by atoms with van der Waals surface area (Å²) in [6, 6.07) is 16.1. The zero-order chi connectivity index (χ0) is 33.2. The minimum Gasteiger partial charge on any atom is -0.489 e. The van der Waals surface area contributed by atoms with Crippen molar-refractivity contribution in [2.45, 2.75) is 94.1 Å². The predicted molar refractivity (Wildman–Crippen MR) is 178 cm³/mol. The third-order valence-electron chi connectivity index (χ3n) is 9.92. The Morgan fingerprint density at radius 2 is 1.77 bits per heavy atom. The van der Waals surface area contributed by atoms with Crippen LogP contribution in [0.3, 0.4) is 0 Å². The van der Waals surface area contributed by atoms with Crippen molar-refractivity contribution in [3.63, 3.8) is 0 Å². The molecule has 0 amide bonds. The van der Waals surface area contributed by atoms with Crippen LogP contribution in [0.2, 0.25) is 0 Å². The van der Waals surface area contributed by atoms with E-state index in [2.05, 4.69) is 36.9 Å². The quantitative estimate of drug-likeness (QED) is 0.270. The number of nitrogens with zero attached hydrogens (tertiary/aromatic N) is 1. The van der Waals surface area contributed by atoms with Crippen molar-refractivity contribution in [1.29, 1.82) is 0 Å². The molecule has 7 nitrogen and oxygen atoms in total. The Morgan fingerprint density at radius 1 is 0.936 bits per heavy atom. The topological polar surface area (TPSA) is 91.6 Å². The van der Waals surface area contributed by atoms with Gasteiger partial charge in [-0.25, -0.2) is 8.78 Å². The maximum Gasteiger partial charge on any atom is 0.132 e. The Kier molecular flexibility index (Phi) is 10.9. The molecule has 0 aromatic heterocycles. The number of rotatable bonds is 9. The monoisotopic (exact) mass is 669 g/mol. The standard InChI is InChI=1S/C37H45F2NO6S/c1-4-23-6-7-24(36-34(42)33(41)35(43)37(46-36)47-3)17-25(23)16-22-5-11-31(21(2)15-22)45-28-13-14-40(19-28)27-9-12-32(44-20-27)29-18-26(38)8-10-30(29)39/h5-8,10-11,15,17-18,27-28,32-37,41-43H,4,9,12-14,16,19-20H2,1-3H3/t27-,28-,32+,33-,34-,35+,36+,37-/m1/s1. The molecule has 3 fully saturated rings. The van der Waals surface area contributed by atoms with Gasteiger partial charge in [0.05, 0.1) is 12.7 Å². The molecule has 0 bridgehead atoms. The maximum absolute atomic E-state index is 14.3. The number of thioether (sulfide) groups is 1. The lowest BCUT2D eigenvalue weighted by Gasteiger charge is -2.40. The minimum atomic E-state index is -1.29. The molecule has 6 rings (SSSR count). The molecular formula is C37H45F2NO6S. The fraction of sp³-hybridized carbons (Fsp3) is 0.514. The van der Waals surface area contributed by atoms with E-state index in [-0.39, 0.29) is 12.1 Å². The molecule has 0 unspecified atom stereocenters. The molecule has 3 aromatic carbocycles. The van der Waals surface area contributed by atoms with E-state index in [1.165, 1.54) is 23.4 Å². The highest BCUT2D eigenvalue weighted by Gasteiger charge is 2.44. The Labute approximate surface area is 279 Å². The summed E-state index contributed by atoms with van der Waals surface area (Å²) >= 11 is 1.31. The molecule has 3 saturated heterocycles. The van der Waals surface area contributed by atoms with Crippen LogP contribution >= 0.6 is 11.8 Å². The van der Waals surface area contributed by atoms with Crippen molar-refractivity contribution >= 4 is 11.8 Å². The molecule has 0 aliphatic carbocycles. The second kappa shape index (κ2) is 14.9. The molecule has 10 heteroatoms. The first-order valence-corrected chi connectivity index (χ1v) is 17.8. The number of aryl methyl sites for hydroxylation is 2. The van der Waals surface area contributed by atoms with Gasteiger partial charge in [0.2, 0.25) is 0 Å². The largest absolute Gasteiger partial charge is 0.489 e. The van der Waals surface area contributed by atoms with Crippen LogP contribution in [0.1, 0.15) is 71.8 Å². The lowest BCUT2D eigenvalue weighted by Crippen LogP contribution is -2.52. The molecular weight excluding hydrogens is 624 g/mol. The molecule has 0 radical (unpaired) electrons. The summed E-state index contributed by atoms with van der Waals surface area (Å²) in [5, 5.41) is 31.5. The zero-order valence-corrected chi connectivity index (χ0v) is 28.0. The SMILES string of the molecule is CCc1ccc([C@@H]2O[C@H](SC)[C@@H](O)[C@H](O)[C@H]2O)cc1Cc1ccc(O[C@@H]2CCN([C@@H]3CC[C@@H](c4cc(F)ccc4F)OC3)C2)c(C)c1. The number of hydrogen-bond donors (Lipinski definition) is 3. The average Bonchev–Trinajstić information content (AvgIpc) is 3.55. The number of likely N-dealkylation sites (tertiary alicyclic amines) is 1. The van der Waals surface area contributed by atoms with Gasteiger partial charge in [-0.15, -0.1) is 11.8 Å². The second-order valence-electron chi connectivity index (χ2n) is 13.0. The van der Waals surface area contributed by atoms with Crippen LogP contribution < -0.4 is 4.74 Å². The van der Waals surface area contributed by atoms with Gasteiger partial charge in [-0.2, -0.15) is 0 Å². The number of aliphatic hydroxyl groups is 3. The summed E-state index contributed by atoms with van der Waals surface area (Å²) in [4.78, 5) is 2.39. The Bertz CT molecular complexity index is 1530. The van der Waals surface area contributed by atoms with Gasteiger partial charge in [0.15, 0.2) is 0 Å². The third-order valence-corrected chi connectivity index (χ3v) is 10.8. The number of halogens is 2. The maximum atomic E-state index is 14.3. The summed E-state index contributed by atoms with van der Waals surface area (Å²) in [5.74, 6) is -0.0137. The first-order chi connectivity index (χ1) is 22.6. The number of benzene rings is 3. The lowest BCUT2D eigenvalue weighted by molar-refractivity contribution is -0.200. The highest BCUT2D eigenvalue weighted by Crippen LogP contribution is 2.37. The van der Waals surface area contributed by atoms with Crippen molar-refractivity contribution in [3.05, 3.63) is 99.6 Å². The molecule has 3 aliphatic heterocycles. The van der Waals surface area contributed by atoms with Crippen molar-refractivity contribution in [2.24, 2.45) is 0 Å². The van der Waals surface area contributed by atoms with Gasteiger partial charge in [0.25, 0.3) is 0 Å². The zero-order valence-electron chi connectivity index (χ0n) is 27.1. The van der Waals surface area contributed by atoms with E-state index in [0.29, 0.717) is 25.0 Å². The van der Waals surface area contributed by atoms with Crippen molar-refractivity contribution in [1.82, 2.24) is 4.90 Å². The number of aliphatic hydroxyl groups excluding tert-OH is 3. The van der Waals surface area contributed by atoms with Crippen LogP contribution in [-0.4, -0.2) is 82.1 Å². The van der Waals surface area contributed by atoms with E-state index < -0.39 is 47.6 Å². The van der Waals surface area contributed by atoms with Crippen LogP contribution in [0.15, 0.2) is 54.6 Å². The van der Waals surface area contributed by atoms with Crippen LogP contribution in [0.5, 0.6) is 5.75 Å². The molecule has 3 aliphatic rings. The van der Waals surface area contributed by atoms with Crippen LogP contribution in [-0.2, 0) is 22.3 Å². The van der Waals surface area contributed by atoms with E-state index >= 15 is 0 Å². The van der Waals surface area contributed by atoms with Crippen molar-refractivity contribution in [3.8, 4) is 5.75 Å². The van der Waals surface area contributed by atoms with E-state index in [0.717, 1.165) is 72.5 Å². The second-order valence-corrected chi connectivity index (χ2v) is 14.0. The van der Waals surface area contributed by atoms with Gasteiger partial charge < -0.3 is 29.5 Å². The predicted octanol–water partition coefficient (Wildman–Crippen LogP) is 5.64. The van der Waals surface area contributed by atoms with Crippen LogP contribution in [0.25, 0.3) is 0 Å². The first-order valence-electron chi connectivity index (χ1n) is 16.6. The molecule has 3 N–H and O–H groups in total. The van der Waals surface area contributed by atoms with Gasteiger partial charge in [-0.05, 0) is 97.4 Å². The minimum absolute atomic E-state index is 0.0576. The fourth-order valence-corrected chi connectivity index (χ4v) is 7.89. The Morgan fingerprint density at radius 3 is 2.49 bits per heavy atom. The normalized spacial score (nSPS) is 30.0. The lowest BCUT2D eigenvalue weighted by atomic mass is 9.90. The highest BCUT2D eigenvalue weighted by atomic mass is 32.2. The van der Waals surface area contributed by atoms with Gasteiger partial charge >= 0.3 is 0 Å². The summed E-state index contributed by atoms with van der Waals surface area (Å²) in [5.41, 5.74) is 4.96. The van der Waals surface area contributed by atoms with Gasteiger partial charge in [0, 0.05) is 24.7 Å². The van der Waals surface area contributed by atoms with Crippen molar-refractivity contribution < 1.29 is 38.3 Å². The first kappa shape index (κ1) is 34.3. The highest BCUT2D eigenvalue weighted by molar-refractivity contribution is 7.99. The average molecular weight is 670 g/mol. The van der Waals surface area contributed by atoms with E-state index in [9.17, 15) is 24.1 Å². The van der Waals surface area contributed by atoms with E-state index in [1.54, 1.807) is 6.26 Å². The van der Waals surface area contributed by atoms with E-state index in [4.69, 9.17) is 14.2 Å². The summed E-state index contributed by atoms with van der Waals surface area (Å²) in [6.07, 6.45) is 0.983. The molecule has 3 heterocycles. The van der Waals surface area contributed by atoms with Gasteiger partial charge in [-0.1, -0.05) is 37.3 Å². The van der Waals surface area contributed by atoms with Crippen LogP contribution in [0, 0.1) is 18.6 Å². The Hall–Kier alpha value is -2.57. The van der Waals surface area contributed by atoms with Crippen molar-refractivity contribution in [2.75, 3.05) is 26.0 Å². The smallest absolute Gasteiger partial charge is 0.132 e. The Balaban J connectivity index is 1.06. The van der Waals surface area contributed by atoms with E-state index in [1.807, 2.05) is 18.2 Å². The molecule has 3 aromatic rings. The molecule has 47 heavy (non-hydrogen) atoms. The summed E-state index contributed by atoms with van der Waals surface area (Å²) < 4.78 is 46.5. The van der Waals surface area contributed by atoms with Gasteiger partial charge in [-0.3, -0.25) is 4.90 Å².